The monoisotopic (exact) mass is 487 g/mol. The van der Waals surface area contributed by atoms with E-state index < -0.39 is 0 Å². The van der Waals surface area contributed by atoms with E-state index in [4.69, 9.17) is 9.97 Å². The van der Waals surface area contributed by atoms with Gasteiger partial charge in [0.25, 0.3) is 0 Å². The van der Waals surface area contributed by atoms with Gasteiger partial charge >= 0.3 is 0 Å². The second kappa shape index (κ2) is 8.59. The minimum Gasteiger partial charge on any atom is -0.355 e. The molecule has 4 nitrogen and oxygen atoms in total. The predicted octanol–water partition coefficient (Wildman–Crippen LogP) is 7.00. The van der Waals surface area contributed by atoms with E-state index in [0.717, 1.165) is 50.4 Å². The maximum Gasteiger partial charge on any atom is 0.0736 e. The molecule has 34 heavy (non-hydrogen) atoms. The van der Waals surface area contributed by atoms with Crippen LogP contribution in [0.2, 0.25) is 0 Å². The molecule has 1 aromatic carbocycles. The second-order valence-corrected chi connectivity index (χ2v) is 8.77. The maximum absolute atomic E-state index is 5.00. The Balaban J connectivity index is 0.00000241. The Labute approximate surface area is 208 Å². The summed E-state index contributed by atoms with van der Waals surface area (Å²) in [6.45, 7) is 6.55. The van der Waals surface area contributed by atoms with Crippen molar-refractivity contribution in [3.8, 4) is 0 Å². The zero-order chi connectivity index (χ0) is 22.5. The first kappa shape index (κ1) is 22.1. The number of nitrogens with one attached hydrogen (secondary N) is 2. The van der Waals surface area contributed by atoms with Gasteiger partial charge in [-0.2, -0.15) is 0 Å². The van der Waals surface area contributed by atoms with Gasteiger partial charge in [0.2, 0.25) is 0 Å². The molecule has 0 saturated heterocycles. The quantitative estimate of drug-likeness (QED) is 0.262. The van der Waals surface area contributed by atoms with Crippen LogP contribution in [0.4, 0.5) is 0 Å². The minimum atomic E-state index is 0. The Morgan fingerprint density at radius 2 is 1.15 bits per heavy atom. The van der Waals surface area contributed by atoms with E-state index in [9.17, 15) is 0 Å². The van der Waals surface area contributed by atoms with Gasteiger partial charge in [0, 0.05) is 44.4 Å². The van der Waals surface area contributed by atoms with Crippen LogP contribution in [-0.4, -0.2) is 19.9 Å². The summed E-state index contributed by atoms with van der Waals surface area (Å²) in [5.41, 5.74) is 14.1. The van der Waals surface area contributed by atoms with Crippen molar-refractivity contribution in [1.29, 1.82) is 0 Å². The van der Waals surface area contributed by atoms with Crippen molar-refractivity contribution in [3.05, 3.63) is 106 Å². The topological polar surface area (TPSA) is 57.4 Å². The van der Waals surface area contributed by atoms with Crippen LogP contribution in [-0.2, 0) is 16.8 Å². The first-order valence-corrected chi connectivity index (χ1v) is 11.2. The molecular formula is C29H24CoN4. The van der Waals surface area contributed by atoms with Gasteiger partial charge < -0.3 is 9.97 Å². The van der Waals surface area contributed by atoms with Crippen LogP contribution in [0.15, 0.2) is 60.7 Å². The van der Waals surface area contributed by atoms with Gasteiger partial charge in [-0.3, -0.25) is 0 Å². The third-order valence-electron chi connectivity index (χ3n) is 6.51. The predicted molar refractivity (Wildman–Crippen MR) is 138 cm³/mol. The van der Waals surface area contributed by atoms with Crippen LogP contribution in [0, 0.1) is 20.8 Å². The van der Waals surface area contributed by atoms with E-state index in [1.807, 2.05) is 12.2 Å². The molecule has 4 aromatic rings. The summed E-state index contributed by atoms with van der Waals surface area (Å²) in [5.74, 6) is 0. The summed E-state index contributed by atoms with van der Waals surface area (Å²) in [4.78, 5) is 16.7. The van der Waals surface area contributed by atoms with Crippen molar-refractivity contribution in [3.63, 3.8) is 0 Å². The molecule has 0 unspecified atom stereocenters. The fraction of sp³-hybridized carbons (Fsp3) is 0.103. The zero-order valence-electron chi connectivity index (χ0n) is 19.2. The zero-order valence-corrected chi connectivity index (χ0v) is 20.3. The number of aromatic amines is 2. The van der Waals surface area contributed by atoms with E-state index in [1.54, 1.807) is 0 Å². The molecule has 0 fully saturated rings. The molecule has 2 N–H and O–H groups in total. The number of hydrogen-bond acceptors (Lipinski definition) is 2. The van der Waals surface area contributed by atoms with Crippen molar-refractivity contribution >= 4 is 45.9 Å². The van der Waals surface area contributed by atoms with E-state index >= 15 is 0 Å². The van der Waals surface area contributed by atoms with Crippen LogP contribution < -0.4 is 0 Å². The molecule has 169 valence electrons. The summed E-state index contributed by atoms with van der Waals surface area (Å²) in [6, 6.07) is 21.1. The van der Waals surface area contributed by atoms with Gasteiger partial charge in [-0.25, -0.2) is 9.97 Å². The van der Waals surface area contributed by atoms with Crippen LogP contribution in [0.1, 0.15) is 45.0 Å². The van der Waals surface area contributed by atoms with Crippen LogP contribution in [0.5, 0.6) is 0 Å². The number of H-pyrrole nitrogens is 2. The largest absolute Gasteiger partial charge is 0.355 e. The first-order chi connectivity index (χ1) is 16.0. The average molecular weight is 487 g/mol. The van der Waals surface area contributed by atoms with Crippen LogP contribution >= 0.6 is 0 Å². The van der Waals surface area contributed by atoms with Crippen LogP contribution in [0.3, 0.4) is 0 Å². The average Bonchev–Trinajstić information content (AvgIpc) is 3.58. The van der Waals surface area contributed by atoms with E-state index in [2.05, 4.69) is 97.5 Å². The van der Waals surface area contributed by atoms with E-state index in [-0.39, 0.29) is 16.8 Å². The van der Waals surface area contributed by atoms with Gasteiger partial charge in [-0.1, -0.05) is 12.1 Å². The Bertz CT molecular complexity index is 1650. The summed E-state index contributed by atoms with van der Waals surface area (Å²) >= 11 is 0. The molecule has 5 heterocycles. The fourth-order valence-electron chi connectivity index (χ4n) is 4.48. The Hall–Kier alpha value is -3.67. The molecule has 0 amide bonds. The molecule has 0 aliphatic carbocycles. The normalized spacial score (nSPS) is 12.4. The number of aryl methyl sites for hydroxylation is 1. The molecule has 2 aliphatic rings. The Morgan fingerprint density at radius 1 is 0.588 bits per heavy atom. The molecule has 3 aromatic heterocycles. The molecule has 1 radical (unpaired) electrons. The van der Waals surface area contributed by atoms with Gasteiger partial charge in [0.15, 0.2) is 0 Å². The van der Waals surface area contributed by atoms with Crippen molar-refractivity contribution < 1.29 is 16.8 Å². The minimum absolute atomic E-state index is 0. The van der Waals surface area contributed by atoms with Crippen molar-refractivity contribution in [2.45, 2.75) is 20.8 Å². The van der Waals surface area contributed by atoms with Crippen molar-refractivity contribution in [2.75, 3.05) is 0 Å². The first-order valence-electron chi connectivity index (χ1n) is 11.2. The van der Waals surface area contributed by atoms with Gasteiger partial charge in [0.05, 0.1) is 22.8 Å². The number of aromatic nitrogens is 4. The molecule has 2 aliphatic heterocycles. The number of nitrogens with zero attached hydrogens (tertiary/aromatic N) is 2. The van der Waals surface area contributed by atoms with E-state index in [1.165, 1.54) is 22.3 Å². The van der Waals surface area contributed by atoms with Crippen LogP contribution in [0.25, 0.3) is 45.9 Å². The molecule has 8 bridgehead atoms. The number of hydrogen-bond donors (Lipinski definition) is 2. The maximum atomic E-state index is 5.00. The molecule has 0 saturated carbocycles. The summed E-state index contributed by atoms with van der Waals surface area (Å²) in [7, 11) is 0. The van der Waals surface area contributed by atoms with Gasteiger partial charge in [-0.15, -0.1) is 0 Å². The number of fused-ring (bicyclic) bond motifs is 8. The SMILES string of the molecule is Cc1ccc(C2=Cc3cc4ccc(cc5nc(cc6ccc(cc2n3)[nH]6)C=C5)[nH]4)c(C)c1C.[Co]. The molecular weight excluding hydrogens is 463 g/mol. The third kappa shape index (κ3) is 4.04. The summed E-state index contributed by atoms with van der Waals surface area (Å²) < 4.78 is 0. The molecule has 0 spiro atoms. The van der Waals surface area contributed by atoms with Crippen molar-refractivity contribution in [1.82, 2.24) is 19.9 Å². The number of rotatable bonds is 1. The van der Waals surface area contributed by atoms with E-state index in [0.29, 0.717) is 0 Å². The summed E-state index contributed by atoms with van der Waals surface area (Å²) in [6.07, 6.45) is 6.26. The smallest absolute Gasteiger partial charge is 0.0736 e. The van der Waals surface area contributed by atoms with Gasteiger partial charge in [0.1, 0.15) is 0 Å². The molecule has 6 rings (SSSR count). The van der Waals surface area contributed by atoms with Gasteiger partial charge in [-0.05, 0) is 110 Å². The second-order valence-electron chi connectivity index (χ2n) is 8.77. The third-order valence-corrected chi connectivity index (χ3v) is 6.51. The Kier molecular flexibility index (Phi) is 5.60. The number of benzene rings is 1. The Morgan fingerprint density at radius 3 is 1.76 bits per heavy atom. The molecule has 0 atom stereocenters. The van der Waals surface area contributed by atoms with Crippen molar-refractivity contribution in [2.24, 2.45) is 0 Å². The fourth-order valence-corrected chi connectivity index (χ4v) is 4.48. The standard InChI is InChI=1S/C29H24N4.Co/c1-17-4-11-27(19(3)18(17)2)28-15-26-14-24-8-7-22(31-24)12-20-5-6-21(30-20)13-23-9-10-25(32-23)16-29(28)33-26;/h4-16,31-32H,1-3H3;. The molecule has 5 heteroatoms. The summed E-state index contributed by atoms with van der Waals surface area (Å²) in [5, 5.41) is 0.